The monoisotopic (exact) mass is 159 g/mol. The summed E-state index contributed by atoms with van der Waals surface area (Å²) in [7, 11) is 0. The third-order valence-electron chi connectivity index (χ3n) is 1.36. The van der Waals surface area contributed by atoms with E-state index in [0.29, 0.717) is 5.70 Å². The Hall–Kier alpha value is -1.66. The molecule has 0 spiro atoms. The van der Waals surface area contributed by atoms with Crippen LogP contribution in [0.1, 0.15) is 6.42 Å². The first kappa shape index (κ1) is 8.44. The van der Waals surface area contributed by atoms with Gasteiger partial charge in [-0.1, -0.05) is 30.4 Å². The molecule has 0 bridgehead atoms. The summed E-state index contributed by atoms with van der Waals surface area (Å²) < 4.78 is 0. The van der Waals surface area contributed by atoms with Gasteiger partial charge in [-0.05, 0) is 18.6 Å². The van der Waals surface area contributed by atoms with Gasteiger partial charge in [0, 0.05) is 0 Å². The molecular formula is C10H9NO. The van der Waals surface area contributed by atoms with E-state index in [2.05, 4.69) is 4.99 Å². The van der Waals surface area contributed by atoms with Crippen LogP contribution in [0.3, 0.4) is 0 Å². The second kappa shape index (κ2) is 5.05. The van der Waals surface area contributed by atoms with Crippen molar-refractivity contribution in [2.24, 2.45) is 4.99 Å². The Morgan fingerprint density at radius 2 is 2.17 bits per heavy atom. The zero-order valence-electron chi connectivity index (χ0n) is 6.60. The minimum atomic E-state index is 0.630. The highest BCUT2D eigenvalue weighted by atomic mass is 16.1. The Morgan fingerprint density at radius 3 is 3.00 bits per heavy atom. The number of rotatable bonds is 1. The molecule has 0 heterocycles. The maximum Gasteiger partial charge on any atom is 0.240 e. The van der Waals surface area contributed by atoms with Gasteiger partial charge in [0.1, 0.15) is 0 Å². The number of nitrogens with zero attached hydrogens (tertiary/aromatic N) is 1. The Bertz CT molecular complexity index is 302. The van der Waals surface area contributed by atoms with Gasteiger partial charge in [0.2, 0.25) is 6.08 Å². The summed E-state index contributed by atoms with van der Waals surface area (Å²) in [5.41, 5.74) is 0.630. The highest BCUT2D eigenvalue weighted by Crippen LogP contribution is 2.02. The first-order valence-electron chi connectivity index (χ1n) is 3.71. The van der Waals surface area contributed by atoms with E-state index in [4.69, 9.17) is 0 Å². The van der Waals surface area contributed by atoms with Crippen LogP contribution in [-0.2, 0) is 4.79 Å². The summed E-state index contributed by atoms with van der Waals surface area (Å²) in [6.45, 7) is 0. The molecule has 60 valence electrons. The van der Waals surface area contributed by atoms with Crippen LogP contribution < -0.4 is 0 Å². The Morgan fingerprint density at radius 1 is 1.25 bits per heavy atom. The van der Waals surface area contributed by atoms with Gasteiger partial charge in [-0.15, -0.1) is 0 Å². The van der Waals surface area contributed by atoms with Crippen molar-refractivity contribution in [2.75, 3.05) is 0 Å². The van der Waals surface area contributed by atoms with Crippen molar-refractivity contribution in [1.82, 2.24) is 0 Å². The number of isocyanates is 1. The van der Waals surface area contributed by atoms with Gasteiger partial charge in [-0.3, -0.25) is 0 Å². The Kier molecular flexibility index (Phi) is 3.55. The number of hydrogen-bond donors (Lipinski definition) is 0. The molecule has 1 aliphatic rings. The maximum absolute atomic E-state index is 9.95. The molecule has 0 aromatic rings. The van der Waals surface area contributed by atoms with Crippen molar-refractivity contribution in [3.05, 3.63) is 48.2 Å². The molecule has 0 fully saturated rings. The minimum Gasteiger partial charge on any atom is -0.211 e. The van der Waals surface area contributed by atoms with Gasteiger partial charge in [0.05, 0.1) is 5.70 Å². The third kappa shape index (κ3) is 2.95. The fraction of sp³-hybridized carbons (Fsp3) is 0.100. The lowest BCUT2D eigenvalue weighted by Crippen LogP contribution is -1.69. The largest absolute Gasteiger partial charge is 0.240 e. The molecule has 0 saturated carbocycles. The summed E-state index contributed by atoms with van der Waals surface area (Å²) >= 11 is 0. The van der Waals surface area contributed by atoms with Crippen LogP contribution in [0.2, 0.25) is 0 Å². The van der Waals surface area contributed by atoms with Crippen molar-refractivity contribution in [3.8, 4) is 0 Å². The van der Waals surface area contributed by atoms with E-state index in [-0.39, 0.29) is 0 Å². The van der Waals surface area contributed by atoms with E-state index in [0.717, 1.165) is 6.42 Å². The van der Waals surface area contributed by atoms with E-state index in [1.165, 1.54) is 6.08 Å². The van der Waals surface area contributed by atoms with Gasteiger partial charge < -0.3 is 0 Å². The quantitative estimate of drug-likeness (QED) is 0.426. The van der Waals surface area contributed by atoms with Gasteiger partial charge in [0.15, 0.2) is 0 Å². The lowest BCUT2D eigenvalue weighted by Gasteiger charge is -1.85. The molecule has 12 heavy (non-hydrogen) atoms. The molecule has 1 rings (SSSR count). The number of allylic oxidation sites excluding steroid dienone is 7. The molecule has 0 unspecified atom stereocenters. The van der Waals surface area contributed by atoms with Crippen LogP contribution >= 0.6 is 0 Å². The van der Waals surface area contributed by atoms with E-state index in [9.17, 15) is 4.79 Å². The summed E-state index contributed by atoms with van der Waals surface area (Å²) in [5.74, 6) is 0. The zero-order chi connectivity index (χ0) is 8.65. The predicted octanol–water partition coefficient (Wildman–Crippen LogP) is 2.28. The molecule has 0 amide bonds. The lowest BCUT2D eigenvalue weighted by atomic mass is 10.3. The first-order chi connectivity index (χ1) is 5.93. The molecule has 0 aromatic carbocycles. The normalized spacial score (nSPS) is 25.2. The number of aliphatic imine (C=N–C) groups is 1. The average Bonchev–Trinajstić information content (AvgIpc) is 2.19. The lowest BCUT2D eigenvalue weighted by molar-refractivity contribution is 0.565. The van der Waals surface area contributed by atoms with Crippen molar-refractivity contribution < 1.29 is 4.79 Å². The standard InChI is InChI=1S/C10H9NO/c12-9-11-10-7-5-3-1-2-4-6-8-10/h1-3,5-8H,4H2/b2-1-,5-3-,8-6?,10-7+. The summed E-state index contributed by atoms with van der Waals surface area (Å²) in [5, 5.41) is 0. The Balaban J connectivity index is 2.84. The molecule has 0 aromatic heterocycles. The molecule has 0 N–H and O–H groups in total. The van der Waals surface area contributed by atoms with E-state index in [1.807, 2.05) is 30.4 Å². The summed E-state index contributed by atoms with van der Waals surface area (Å²) in [6.07, 6.45) is 15.6. The van der Waals surface area contributed by atoms with Crippen molar-refractivity contribution in [2.45, 2.75) is 6.42 Å². The maximum atomic E-state index is 9.95. The zero-order valence-corrected chi connectivity index (χ0v) is 6.60. The van der Waals surface area contributed by atoms with Crippen LogP contribution in [-0.4, -0.2) is 6.08 Å². The van der Waals surface area contributed by atoms with Gasteiger partial charge in [-0.2, -0.15) is 4.99 Å². The second-order valence-electron chi connectivity index (χ2n) is 2.25. The highest BCUT2D eigenvalue weighted by molar-refractivity contribution is 5.40. The van der Waals surface area contributed by atoms with E-state index in [1.54, 1.807) is 12.2 Å². The van der Waals surface area contributed by atoms with Crippen LogP contribution in [0.15, 0.2) is 53.2 Å². The van der Waals surface area contributed by atoms with Crippen LogP contribution in [0.25, 0.3) is 0 Å². The number of hydrogen-bond acceptors (Lipinski definition) is 2. The molecule has 0 saturated heterocycles. The van der Waals surface area contributed by atoms with E-state index < -0.39 is 0 Å². The van der Waals surface area contributed by atoms with Crippen molar-refractivity contribution >= 4 is 6.08 Å². The molecular weight excluding hydrogens is 150 g/mol. The fourth-order valence-electron chi connectivity index (χ4n) is 0.826. The van der Waals surface area contributed by atoms with Gasteiger partial charge in [-0.25, -0.2) is 4.79 Å². The minimum absolute atomic E-state index is 0.630. The average molecular weight is 159 g/mol. The van der Waals surface area contributed by atoms with Crippen molar-refractivity contribution in [1.29, 1.82) is 0 Å². The Labute approximate surface area is 71.3 Å². The third-order valence-corrected chi connectivity index (χ3v) is 1.36. The fourth-order valence-corrected chi connectivity index (χ4v) is 0.826. The summed E-state index contributed by atoms with van der Waals surface area (Å²) in [4.78, 5) is 13.5. The summed E-state index contributed by atoms with van der Waals surface area (Å²) in [6, 6.07) is 0. The van der Waals surface area contributed by atoms with Crippen LogP contribution in [0, 0.1) is 0 Å². The molecule has 0 radical (unpaired) electrons. The van der Waals surface area contributed by atoms with Gasteiger partial charge >= 0.3 is 0 Å². The smallest absolute Gasteiger partial charge is 0.211 e. The molecule has 1 aliphatic carbocycles. The van der Waals surface area contributed by atoms with E-state index >= 15 is 0 Å². The topological polar surface area (TPSA) is 29.4 Å². The first-order valence-corrected chi connectivity index (χ1v) is 3.71. The molecule has 2 nitrogen and oxygen atoms in total. The van der Waals surface area contributed by atoms with Crippen LogP contribution in [0.4, 0.5) is 0 Å². The van der Waals surface area contributed by atoms with Crippen molar-refractivity contribution in [3.63, 3.8) is 0 Å². The highest BCUT2D eigenvalue weighted by Gasteiger charge is 1.85. The molecule has 0 atom stereocenters. The van der Waals surface area contributed by atoms with Crippen LogP contribution in [0.5, 0.6) is 0 Å². The van der Waals surface area contributed by atoms with Gasteiger partial charge in [0.25, 0.3) is 0 Å². The SMILES string of the molecule is O=C=N/C1=C/C=C\C=C/CC=C1. The predicted molar refractivity (Wildman–Crippen MR) is 48.2 cm³/mol. The molecule has 0 aliphatic heterocycles. The second-order valence-corrected chi connectivity index (χ2v) is 2.25. The number of carbonyl (C=O) groups excluding carboxylic acids is 1. The molecule has 2 heteroatoms.